The fourth-order valence-electron chi connectivity index (χ4n) is 1.78. The van der Waals surface area contributed by atoms with Gasteiger partial charge in [0.15, 0.2) is 0 Å². The summed E-state index contributed by atoms with van der Waals surface area (Å²) >= 11 is 5.31. The van der Waals surface area contributed by atoms with E-state index in [1.807, 2.05) is 6.92 Å². The maximum Gasteiger partial charge on any atom is 0.146 e. The van der Waals surface area contributed by atoms with E-state index in [0.717, 1.165) is 35.6 Å². The molecule has 4 nitrogen and oxygen atoms in total. The Morgan fingerprint density at radius 2 is 1.95 bits per heavy atom. The summed E-state index contributed by atoms with van der Waals surface area (Å²) in [5, 5.41) is 8.69. The summed E-state index contributed by atoms with van der Waals surface area (Å²) in [5.74, 6) is 1.64. The summed E-state index contributed by atoms with van der Waals surface area (Å²) in [5.41, 5.74) is 1.40. The van der Waals surface area contributed by atoms with E-state index in [2.05, 4.69) is 54.9 Å². The maximum absolute atomic E-state index is 4.27. The predicted molar refractivity (Wildman–Crippen MR) is 84.9 cm³/mol. The van der Waals surface area contributed by atoms with Crippen molar-refractivity contribution in [3.8, 4) is 0 Å². The van der Waals surface area contributed by atoms with Gasteiger partial charge in [0, 0.05) is 11.4 Å². The van der Waals surface area contributed by atoms with Gasteiger partial charge in [0.1, 0.15) is 22.4 Å². The molecular formula is C13H17BrN4S. The lowest BCUT2D eigenvalue weighted by molar-refractivity contribution is 1.04. The first-order valence-corrected chi connectivity index (χ1v) is 7.97. The highest BCUT2D eigenvalue weighted by Crippen LogP contribution is 2.27. The standard InChI is InChI=1S/C13H17BrN4S/c1-3-9-5-6-19-10(9)7-16-13-11(14)12(15-4-2)17-8-18-13/h5-6,8H,3-4,7H2,1-2H3,(H2,15,16,17,18). The second kappa shape index (κ2) is 6.86. The van der Waals surface area contributed by atoms with Crippen molar-refractivity contribution in [1.29, 1.82) is 0 Å². The van der Waals surface area contributed by atoms with E-state index < -0.39 is 0 Å². The molecule has 2 N–H and O–H groups in total. The Bertz CT molecular complexity index is 541. The number of hydrogen-bond donors (Lipinski definition) is 2. The molecule has 0 aliphatic carbocycles. The number of hydrogen-bond acceptors (Lipinski definition) is 5. The van der Waals surface area contributed by atoms with Gasteiger partial charge in [-0.15, -0.1) is 11.3 Å². The van der Waals surface area contributed by atoms with Crippen molar-refractivity contribution in [2.24, 2.45) is 0 Å². The van der Waals surface area contributed by atoms with Gasteiger partial charge in [-0.25, -0.2) is 9.97 Å². The van der Waals surface area contributed by atoms with Gasteiger partial charge >= 0.3 is 0 Å². The fraction of sp³-hybridized carbons (Fsp3) is 0.385. The van der Waals surface area contributed by atoms with E-state index in [-0.39, 0.29) is 0 Å². The average Bonchev–Trinajstić information content (AvgIpc) is 2.87. The molecule has 2 aromatic rings. The molecule has 0 fully saturated rings. The van der Waals surface area contributed by atoms with Crippen LogP contribution in [0.1, 0.15) is 24.3 Å². The third kappa shape index (κ3) is 3.45. The Morgan fingerprint density at radius 1 is 1.21 bits per heavy atom. The van der Waals surface area contributed by atoms with Crippen LogP contribution < -0.4 is 10.6 Å². The predicted octanol–water partition coefficient (Wildman–Crippen LogP) is 3.91. The van der Waals surface area contributed by atoms with Crippen LogP contribution in [0.25, 0.3) is 0 Å². The Kier molecular flexibility index (Phi) is 5.15. The molecule has 0 saturated carbocycles. The van der Waals surface area contributed by atoms with Crippen molar-refractivity contribution in [2.45, 2.75) is 26.8 Å². The molecular weight excluding hydrogens is 324 g/mol. The molecule has 0 bridgehead atoms. The first-order chi connectivity index (χ1) is 9.26. The van der Waals surface area contributed by atoms with Crippen molar-refractivity contribution in [1.82, 2.24) is 9.97 Å². The first kappa shape index (κ1) is 14.3. The molecule has 0 atom stereocenters. The molecule has 102 valence electrons. The molecule has 6 heteroatoms. The molecule has 2 aromatic heterocycles. The number of aromatic nitrogens is 2. The van der Waals surface area contributed by atoms with E-state index in [1.165, 1.54) is 10.4 Å². The minimum absolute atomic E-state index is 0.794. The van der Waals surface area contributed by atoms with Crippen molar-refractivity contribution in [3.63, 3.8) is 0 Å². The third-order valence-corrected chi connectivity index (χ3v) is 4.48. The van der Waals surface area contributed by atoms with Crippen LogP contribution in [0.15, 0.2) is 22.2 Å². The number of halogens is 1. The van der Waals surface area contributed by atoms with Crippen LogP contribution in [0.2, 0.25) is 0 Å². The zero-order valence-electron chi connectivity index (χ0n) is 11.0. The minimum atomic E-state index is 0.794. The topological polar surface area (TPSA) is 49.8 Å². The second-order valence-electron chi connectivity index (χ2n) is 3.99. The van der Waals surface area contributed by atoms with Gasteiger partial charge in [-0.1, -0.05) is 6.92 Å². The third-order valence-electron chi connectivity index (χ3n) is 2.77. The lowest BCUT2D eigenvalue weighted by Gasteiger charge is -2.10. The molecule has 0 spiro atoms. The highest BCUT2D eigenvalue weighted by molar-refractivity contribution is 9.10. The number of aryl methyl sites for hydroxylation is 1. The molecule has 19 heavy (non-hydrogen) atoms. The second-order valence-corrected chi connectivity index (χ2v) is 5.78. The minimum Gasteiger partial charge on any atom is -0.369 e. The number of thiophene rings is 1. The van der Waals surface area contributed by atoms with E-state index in [0.29, 0.717) is 0 Å². The van der Waals surface area contributed by atoms with Crippen molar-refractivity contribution in [2.75, 3.05) is 17.2 Å². The van der Waals surface area contributed by atoms with Gasteiger partial charge in [-0.05, 0) is 46.3 Å². The van der Waals surface area contributed by atoms with Crippen LogP contribution in [-0.2, 0) is 13.0 Å². The molecule has 0 amide bonds. The molecule has 0 aromatic carbocycles. The molecule has 0 aliphatic heterocycles. The van der Waals surface area contributed by atoms with Crippen LogP contribution >= 0.6 is 27.3 Å². The van der Waals surface area contributed by atoms with Crippen LogP contribution in [-0.4, -0.2) is 16.5 Å². The zero-order chi connectivity index (χ0) is 13.7. The molecule has 2 rings (SSSR count). The Labute approximate surface area is 125 Å². The van der Waals surface area contributed by atoms with Crippen LogP contribution in [0.5, 0.6) is 0 Å². The van der Waals surface area contributed by atoms with Crippen LogP contribution in [0.4, 0.5) is 11.6 Å². The number of nitrogens with zero attached hydrogens (tertiary/aromatic N) is 2. The van der Waals surface area contributed by atoms with E-state index >= 15 is 0 Å². The van der Waals surface area contributed by atoms with Crippen LogP contribution in [0.3, 0.4) is 0 Å². The maximum atomic E-state index is 4.27. The quantitative estimate of drug-likeness (QED) is 0.836. The number of rotatable bonds is 6. The monoisotopic (exact) mass is 340 g/mol. The van der Waals surface area contributed by atoms with Gasteiger partial charge in [-0.3, -0.25) is 0 Å². The SMILES string of the molecule is CCNc1ncnc(NCc2sccc2CC)c1Br. The van der Waals surface area contributed by atoms with Crippen LogP contribution in [0, 0.1) is 0 Å². The molecule has 0 saturated heterocycles. The molecule has 0 aliphatic rings. The number of anilines is 2. The average molecular weight is 341 g/mol. The van der Waals surface area contributed by atoms with Gasteiger partial charge in [0.25, 0.3) is 0 Å². The molecule has 0 radical (unpaired) electrons. The smallest absolute Gasteiger partial charge is 0.146 e. The molecule has 0 unspecified atom stereocenters. The lowest BCUT2D eigenvalue weighted by Crippen LogP contribution is -2.06. The Balaban J connectivity index is 2.09. The Hall–Kier alpha value is -1.14. The lowest BCUT2D eigenvalue weighted by atomic mass is 10.2. The summed E-state index contributed by atoms with van der Waals surface area (Å²) in [4.78, 5) is 9.83. The van der Waals surface area contributed by atoms with Crippen molar-refractivity contribution >= 4 is 38.9 Å². The zero-order valence-corrected chi connectivity index (χ0v) is 13.4. The van der Waals surface area contributed by atoms with Crippen molar-refractivity contribution < 1.29 is 0 Å². The van der Waals surface area contributed by atoms with Gasteiger partial charge in [0.2, 0.25) is 0 Å². The van der Waals surface area contributed by atoms with E-state index in [9.17, 15) is 0 Å². The van der Waals surface area contributed by atoms with Gasteiger partial charge in [0.05, 0.1) is 6.54 Å². The fourth-order valence-corrected chi connectivity index (χ4v) is 3.19. The summed E-state index contributed by atoms with van der Waals surface area (Å²) in [6.07, 6.45) is 2.63. The number of nitrogens with one attached hydrogen (secondary N) is 2. The summed E-state index contributed by atoms with van der Waals surface area (Å²) in [7, 11) is 0. The summed E-state index contributed by atoms with van der Waals surface area (Å²) in [6, 6.07) is 2.18. The van der Waals surface area contributed by atoms with E-state index in [4.69, 9.17) is 0 Å². The first-order valence-electron chi connectivity index (χ1n) is 6.29. The van der Waals surface area contributed by atoms with Crippen molar-refractivity contribution in [3.05, 3.63) is 32.7 Å². The Morgan fingerprint density at radius 3 is 2.63 bits per heavy atom. The highest BCUT2D eigenvalue weighted by atomic mass is 79.9. The van der Waals surface area contributed by atoms with E-state index in [1.54, 1.807) is 17.7 Å². The summed E-state index contributed by atoms with van der Waals surface area (Å²) < 4.78 is 0.881. The normalized spacial score (nSPS) is 10.5. The summed E-state index contributed by atoms with van der Waals surface area (Å²) in [6.45, 7) is 5.85. The highest BCUT2D eigenvalue weighted by Gasteiger charge is 2.09. The molecule has 2 heterocycles. The van der Waals surface area contributed by atoms with Gasteiger partial charge < -0.3 is 10.6 Å². The van der Waals surface area contributed by atoms with Gasteiger partial charge in [-0.2, -0.15) is 0 Å². The largest absolute Gasteiger partial charge is 0.369 e.